The molecule has 0 unspecified atom stereocenters. The van der Waals surface area contributed by atoms with Crippen LogP contribution < -0.4 is 5.32 Å². The smallest absolute Gasteiger partial charge is 0.276 e. The number of aromatic nitrogens is 3. The van der Waals surface area contributed by atoms with Crippen molar-refractivity contribution < 1.29 is 9.18 Å². The van der Waals surface area contributed by atoms with Gasteiger partial charge < -0.3 is 10.2 Å². The molecule has 0 atom stereocenters. The molecule has 1 aliphatic rings. The molecule has 22 heavy (non-hydrogen) atoms. The van der Waals surface area contributed by atoms with Crippen molar-refractivity contribution in [1.82, 2.24) is 25.2 Å². The van der Waals surface area contributed by atoms with E-state index in [2.05, 4.69) is 15.6 Å². The number of hydrogen-bond acceptors (Lipinski definition) is 4. The van der Waals surface area contributed by atoms with Crippen molar-refractivity contribution in [2.45, 2.75) is 13.0 Å². The van der Waals surface area contributed by atoms with Gasteiger partial charge in [0.05, 0.1) is 12.7 Å². The van der Waals surface area contributed by atoms with Crippen LogP contribution in [0.15, 0.2) is 30.5 Å². The summed E-state index contributed by atoms with van der Waals surface area (Å²) in [5, 5.41) is 11.2. The number of carbonyl (C=O) groups excluding carboxylic acids is 1. The van der Waals surface area contributed by atoms with Crippen molar-refractivity contribution in [1.29, 1.82) is 0 Å². The lowest BCUT2D eigenvalue weighted by Crippen LogP contribution is -2.34. The van der Waals surface area contributed by atoms with Crippen LogP contribution in [0.25, 0.3) is 0 Å². The molecule has 3 rings (SSSR count). The number of halogens is 1. The van der Waals surface area contributed by atoms with Crippen molar-refractivity contribution >= 4 is 5.91 Å². The van der Waals surface area contributed by atoms with Crippen LogP contribution in [0.4, 0.5) is 4.39 Å². The third-order valence-corrected chi connectivity index (χ3v) is 3.62. The highest BCUT2D eigenvalue weighted by Crippen LogP contribution is 2.07. The first-order chi connectivity index (χ1) is 10.7. The number of carbonyl (C=O) groups is 1. The Morgan fingerprint density at radius 2 is 2.23 bits per heavy atom. The molecule has 1 aromatic carbocycles. The molecule has 1 aromatic heterocycles. The van der Waals surface area contributed by atoms with Crippen LogP contribution >= 0.6 is 0 Å². The third-order valence-electron chi connectivity index (χ3n) is 3.62. The molecule has 6 nitrogen and oxygen atoms in total. The number of nitrogens with one attached hydrogen (secondary N) is 1. The Bertz CT molecular complexity index is 649. The van der Waals surface area contributed by atoms with Crippen LogP contribution in [-0.4, -0.2) is 52.0 Å². The van der Waals surface area contributed by atoms with Crippen LogP contribution in [-0.2, 0) is 6.54 Å². The molecule has 1 fully saturated rings. The van der Waals surface area contributed by atoms with E-state index in [-0.39, 0.29) is 11.7 Å². The zero-order valence-corrected chi connectivity index (χ0v) is 12.2. The largest absolute Gasteiger partial charge is 0.336 e. The van der Waals surface area contributed by atoms with E-state index < -0.39 is 0 Å². The monoisotopic (exact) mass is 303 g/mol. The minimum absolute atomic E-state index is 0.103. The van der Waals surface area contributed by atoms with E-state index in [1.54, 1.807) is 21.8 Å². The van der Waals surface area contributed by atoms with Gasteiger partial charge in [-0.05, 0) is 30.7 Å². The SMILES string of the molecule is O=C(c1cn(Cc2cccc(F)c2)nn1)N1CCCNCC1. The highest BCUT2D eigenvalue weighted by atomic mass is 19.1. The van der Waals surface area contributed by atoms with E-state index in [9.17, 15) is 9.18 Å². The number of benzene rings is 1. The summed E-state index contributed by atoms with van der Waals surface area (Å²) in [6.45, 7) is 3.51. The normalized spacial score (nSPS) is 15.6. The molecule has 0 saturated carbocycles. The Labute approximate surface area is 127 Å². The molecule has 0 radical (unpaired) electrons. The number of nitrogens with zero attached hydrogens (tertiary/aromatic N) is 4. The van der Waals surface area contributed by atoms with Gasteiger partial charge in [0, 0.05) is 19.6 Å². The summed E-state index contributed by atoms with van der Waals surface area (Å²) in [6, 6.07) is 6.31. The van der Waals surface area contributed by atoms with Gasteiger partial charge >= 0.3 is 0 Å². The second-order valence-corrected chi connectivity index (χ2v) is 5.33. The Morgan fingerprint density at radius 1 is 1.32 bits per heavy atom. The molecule has 2 aromatic rings. The van der Waals surface area contributed by atoms with Gasteiger partial charge in [0.1, 0.15) is 5.82 Å². The summed E-state index contributed by atoms with van der Waals surface area (Å²) in [4.78, 5) is 14.2. The highest BCUT2D eigenvalue weighted by molar-refractivity contribution is 5.91. The van der Waals surface area contributed by atoms with Crippen LogP contribution in [0, 0.1) is 5.82 Å². The van der Waals surface area contributed by atoms with Crippen LogP contribution in [0.3, 0.4) is 0 Å². The second-order valence-electron chi connectivity index (χ2n) is 5.33. The lowest BCUT2D eigenvalue weighted by molar-refractivity contribution is 0.0760. The number of amides is 1. The maximum absolute atomic E-state index is 13.2. The van der Waals surface area contributed by atoms with Crippen molar-refractivity contribution in [3.8, 4) is 0 Å². The van der Waals surface area contributed by atoms with Gasteiger partial charge in [-0.3, -0.25) is 4.79 Å². The topological polar surface area (TPSA) is 63.1 Å². The Balaban J connectivity index is 1.68. The van der Waals surface area contributed by atoms with E-state index in [0.717, 1.165) is 31.6 Å². The van der Waals surface area contributed by atoms with Crippen LogP contribution in [0.2, 0.25) is 0 Å². The summed E-state index contributed by atoms with van der Waals surface area (Å²) in [5.41, 5.74) is 1.11. The average molecular weight is 303 g/mol. The molecule has 7 heteroatoms. The molecular formula is C15H18FN5O. The molecule has 1 saturated heterocycles. The first kappa shape index (κ1) is 14.6. The first-order valence-electron chi connectivity index (χ1n) is 7.37. The summed E-state index contributed by atoms with van der Waals surface area (Å²) in [5.74, 6) is -0.389. The Kier molecular flexibility index (Phi) is 4.43. The van der Waals surface area contributed by atoms with E-state index in [4.69, 9.17) is 0 Å². The van der Waals surface area contributed by atoms with Gasteiger partial charge in [0.25, 0.3) is 5.91 Å². The molecule has 116 valence electrons. The van der Waals surface area contributed by atoms with Gasteiger partial charge in [-0.25, -0.2) is 9.07 Å². The van der Waals surface area contributed by atoms with Gasteiger partial charge in [0.15, 0.2) is 5.69 Å². The fourth-order valence-corrected chi connectivity index (χ4v) is 2.51. The van der Waals surface area contributed by atoms with Gasteiger partial charge in [-0.2, -0.15) is 0 Å². The molecule has 1 aliphatic heterocycles. The first-order valence-corrected chi connectivity index (χ1v) is 7.37. The Morgan fingerprint density at radius 3 is 3.09 bits per heavy atom. The fraction of sp³-hybridized carbons (Fsp3) is 0.400. The van der Waals surface area contributed by atoms with Crippen molar-refractivity contribution in [2.24, 2.45) is 0 Å². The molecule has 0 bridgehead atoms. The van der Waals surface area contributed by atoms with Crippen LogP contribution in [0.1, 0.15) is 22.5 Å². The quantitative estimate of drug-likeness (QED) is 0.915. The van der Waals surface area contributed by atoms with E-state index in [0.29, 0.717) is 18.8 Å². The Hall–Kier alpha value is -2.28. The minimum Gasteiger partial charge on any atom is -0.336 e. The standard InChI is InChI=1S/C15H18FN5O/c16-13-4-1-3-12(9-13)10-21-11-14(18-19-21)15(22)20-7-2-5-17-6-8-20/h1,3-4,9,11,17H,2,5-8,10H2. The van der Waals surface area contributed by atoms with Gasteiger partial charge in [0.2, 0.25) is 0 Å². The molecular weight excluding hydrogens is 285 g/mol. The number of hydrogen-bond donors (Lipinski definition) is 1. The van der Waals surface area contributed by atoms with Gasteiger partial charge in [-0.15, -0.1) is 5.10 Å². The third kappa shape index (κ3) is 3.48. The second kappa shape index (κ2) is 6.65. The molecule has 2 heterocycles. The lowest BCUT2D eigenvalue weighted by Gasteiger charge is -2.18. The molecule has 0 aliphatic carbocycles. The number of rotatable bonds is 3. The molecule has 0 spiro atoms. The predicted molar refractivity (Wildman–Crippen MR) is 78.9 cm³/mol. The summed E-state index contributed by atoms with van der Waals surface area (Å²) in [6.07, 6.45) is 2.55. The average Bonchev–Trinajstić information content (AvgIpc) is 2.80. The van der Waals surface area contributed by atoms with Crippen LogP contribution in [0.5, 0.6) is 0 Å². The van der Waals surface area contributed by atoms with E-state index >= 15 is 0 Å². The fourth-order valence-electron chi connectivity index (χ4n) is 2.51. The summed E-state index contributed by atoms with van der Waals surface area (Å²) in [7, 11) is 0. The summed E-state index contributed by atoms with van der Waals surface area (Å²) >= 11 is 0. The van der Waals surface area contributed by atoms with Crippen molar-refractivity contribution in [3.05, 3.63) is 47.5 Å². The summed E-state index contributed by atoms with van der Waals surface area (Å²) < 4.78 is 14.7. The molecule has 1 N–H and O–H groups in total. The molecule has 1 amide bonds. The van der Waals surface area contributed by atoms with Crippen molar-refractivity contribution in [3.63, 3.8) is 0 Å². The van der Waals surface area contributed by atoms with Gasteiger partial charge in [-0.1, -0.05) is 17.3 Å². The minimum atomic E-state index is -0.286. The zero-order chi connectivity index (χ0) is 15.4. The lowest BCUT2D eigenvalue weighted by atomic mass is 10.2. The predicted octanol–water partition coefficient (Wildman–Crippen LogP) is 0.901. The van der Waals surface area contributed by atoms with E-state index in [1.807, 2.05) is 6.07 Å². The maximum Gasteiger partial charge on any atom is 0.276 e. The highest BCUT2D eigenvalue weighted by Gasteiger charge is 2.20. The van der Waals surface area contributed by atoms with Crippen molar-refractivity contribution in [2.75, 3.05) is 26.2 Å². The maximum atomic E-state index is 13.2. The zero-order valence-electron chi connectivity index (χ0n) is 12.2. The van der Waals surface area contributed by atoms with E-state index in [1.165, 1.54) is 12.1 Å².